The Labute approximate surface area is 73.9 Å². The normalized spacial score (nSPS) is 18.5. The van der Waals surface area contributed by atoms with Crippen LogP contribution in [0.15, 0.2) is 12.3 Å². The summed E-state index contributed by atoms with van der Waals surface area (Å²) in [5.74, 6) is -0.177. The fraction of sp³-hybridized carbons (Fsp3) is 0.571. The van der Waals surface area contributed by atoms with Gasteiger partial charge in [-0.3, -0.25) is 0 Å². The Morgan fingerprint density at radius 3 is 2.92 bits per heavy atom. The van der Waals surface area contributed by atoms with Crippen LogP contribution in [-0.4, -0.2) is 25.4 Å². The third-order valence-corrected chi connectivity index (χ3v) is 2.10. The van der Waals surface area contributed by atoms with Gasteiger partial charge in [0.15, 0.2) is 0 Å². The molecule has 0 spiro atoms. The molecule has 0 atom stereocenters. The van der Waals surface area contributed by atoms with Crippen molar-refractivity contribution in [2.45, 2.75) is 25.0 Å². The molecule has 0 aromatic carbocycles. The highest BCUT2D eigenvalue weighted by atomic mass is 16.6. The van der Waals surface area contributed by atoms with Crippen LogP contribution in [0.4, 0.5) is 5.82 Å². The third-order valence-electron chi connectivity index (χ3n) is 2.10. The number of nitrogens with zero attached hydrogens (tertiary/aromatic N) is 3. The molecule has 0 saturated heterocycles. The fourth-order valence-electron chi connectivity index (χ4n) is 1.14. The maximum atomic E-state index is 10.3. The Morgan fingerprint density at radius 2 is 2.46 bits per heavy atom. The molecule has 2 rings (SSSR count). The van der Waals surface area contributed by atoms with Crippen molar-refractivity contribution in [3.63, 3.8) is 0 Å². The first kappa shape index (κ1) is 8.18. The van der Waals surface area contributed by atoms with Crippen molar-refractivity contribution < 1.29 is 10.0 Å². The summed E-state index contributed by atoms with van der Waals surface area (Å²) in [6.45, 7) is 0.348. The van der Waals surface area contributed by atoms with Crippen LogP contribution in [0.2, 0.25) is 0 Å². The summed E-state index contributed by atoms with van der Waals surface area (Å²) in [5.41, 5.74) is -0.667. The maximum Gasteiger partial charge on any atom is 0.389 e. The zero-order chi connectivity index (χ0) is 9.47. The summed E-state index contributed by atoms with van der Waals surface area (Å²) in [5, 5.41) is 23.5. The first-order valence-corrected chi connectivity index (χ1v) is 3.99. The van der Waals surface area contributed by atoms with Crippen molar-refractivity contribution >= 4 is 5.82 Å². The number of aromatic nitrogens is 2. The standard InChI is InChI=1S/C7H9N3O3/c11-7(2-3-7)5-9-4-1-6(8-9)10(12)13/h1,4,11H,2-3,5H2. The average Bonchev–Trinajstić information content (AvgIpc) is 2.62. The van der Waals surface area contributed by atoms with E-state index in [0.29, 0.717) is 6.54 Å². The summed E-state index contributed by atoms with van der Waals surface area (Å²) in [6, 6.07) is 1.33. The van der Waals surface area contributed by atoms with E-state index in [1.54, 1.807) is 0 Å². The van der Waals surface area contributed by atoms with E-state index in [9.17, 15) is 15.2 Å². The van der Waals surface area contributed by atoms with Crippen LogP contribution in [0.25, 0.3) is 0 Å². The lowest BCUT2D eigenvalue weighted by atomic mass is 10.3. The van der Waals surface area contributed by atoms with E-state index < -0.39 is 10.5 Å². The Hall–Kier alpha value is -1.43. The summed E-state index contributed by atoms with van der Waals surface area (Å²) < 4.78 is 1.41. The Kier molecular flexibility index (Phi) is 1.59. The molecule has 1 aromatic heterocycles. The minimum absolute atomic E-state index is 0.177. The van der Waals surface area contributed by atoms with Crippen molar-refractivity contribution in [2.75, 3.05) is 0 Å². The molecule has 1 N–H and O–H groups in total. The van der Waals surface area contributed by atoms with E-state index in [2.05, 4.69) is 5.10 Å². The van der Waals surface area contributed by atoms with Gasteiger partial charge >= 0.3 is 5.82 Å². The van der Waals surface area contributed by atoms with Crippen molar-refractivity contribution in [1.82, 2.24) is 9.78 Å². The number of rotatable bonds is 3. The molecule has 1 heterocycles. The van der Waals surface area contributed by atoms with E-state index in [4.69, 9.17) is 0 Å². The van der Waals surface area contributed by atoms with E-state index in [0.717, 1.165) is 12.8 Å². The monoisotopic (exact) mass is 183 g/mol. The van der Waals surface area contributed by atoms with Crippen LogP contribution in [0.3, 0.4) is 0 Å². The number of aliphatic hydroxyl groups is 1. The Morgan fingerprint density at radius 1 is 1.77 bits per heavy atom. The molecule has 0 bridgehead atoms. The fourth-order valence-corrected chi connectivity index (χ4v) is 1.14. The molecule has 0 amide bonds. The molecule has 1 aliphatic carbocycles. The molecule has 1 aromatic rings. The predicted molar refractivity (Wildman–Crippen MR) is 43.1 cm³/mol. The Bertz CT molecular complexity index is 343. The molecule has 6 nitrogen and oxygen atoms in total. The molecule has 0 radical (unpaired) electrons. The number of nitro groups is 1. The van der Waals surface area contributed by atoms with E-state index in [1.807, 2.05) is 0 Å². The minimum atomic E-state index is -0.667. The molecular formula is C7H9N3O3. The van der Waals surface area contributed by atoms with E-state index >= 15 is 0 Å². The smallest absolute Gasteiger partial charge is 0.388 e. The van der Waals surface area contributed by atoms with E-state index in [1.165, 1.54) is 16.9 Å². The molecule has 1 aliphatic rings. The highest BCUT2D eigenvalue weighted by Gasteiger charge is 2.41. The van der Waals surface area contributed by atoms with Crippen molar-refractivity contribution in [3.05, 3.63) is 22.4 Å². The van der Waals surface area contributed by atoms with Crippen LogP contribution in [0, 0.1) is 10.1 Å². The summed E-state index contributed by atoms with van der Waals surface area (Å²) in [7, 11) is 0. The second kappa shape index (κ2) is 2.53. The lowest BCUT2D eigenvalue weighted by Gasteiger charge is -2.02. The summed E-state index contributed by atoms with van der Waals surface area (Å²) in [4.78, 5) is 9.71. The Balaban J connectivity index is 2.09. The predicted octanol–water partition coefficient (Wildman–Crippen LogP) is 0.316. The van der Waals surface area contributed by atoms with Crippen LogP contribution in [-0.2, 0) is 6.54 Å². The van der Waals surface area contributed by atoms with Crippen molar-refractivity contribution in [2.24, 2.45) is 0 Å². The lowest BCUT2D eigenvalue weighted by molar-refractivity contribution is -0.389. The second-order valence-electron chi connectivity index (χ2n) is 3.35. The van der Waals surface area contributed by atoms with Crippen LogP contribution >= 0.6 is 0 Å². The molecule has 6 heteroatoms. The highest BCUT2D eigenvalue weighted by molar-refractivity contribution is 5.14. The van der Waals surface area contributed by atoms with Crippen LogP contribution in [0.1, 0.15) is 12.8 Å². The van der Waals surface area contributed by atoms with Gasteiger partial charge in [-0.25, -0.2) is 0 Å². The van der Waals surface area contributed by atoms with Gasteiger partial charge in [0.25, 0.3) is 0 Å². The van der Waals surface area contributed by atoms with Crippen molar-refractivity contribution in [1.29, 1.82) is 0 Å². The quantitative estimate of drug-likeness (QED) is 0.540. The lowest BCUT2D eigenvalue weighted by Crippen LogP contribution is -2.17. The first-order chi connectivity index (χ1) is 6.09. The van der Waals surface area contributed by atoms with Gasteiger partial charge in [0, 0.05) is 0 Å². The molecule has 0 aliphatic heterocycles. The van der Waals surface area contributed by atoms with Gasteiger partial charge in [0.05, 0.1) is 29.5 Å². The van der Waals surface area contributed by atoms with Crippen LogP contribution in [0.5, 0.6) is 0 Å². The van der Waals surface area contributed by atoms with Gasteiger partial charge in [-0.05, 0) is 17.8 Å². The zero-order valence-electron chi connectivity index (χ0n) is 6.88. The molecule has 13 heavy (non-hydrogen) atoms. The first-order valence-electron chi connectivity index (χ1n) is 3.99. The van der Waals surface area contributed by atoms with Gasteiger partial charge in [-0.1, -0.05) is 0 Å². The summed E-state index contributed by atoms with van der Waals surface area (Å²) >= 11 is 0. The topological polar surface area (TPSA) is 81.2 Å². The third kappa shape index (κ3) is 1.67. The van der Waals surface area contributed by atoms with Crippen molar-refractivity contribution in [3.8, 4) is 0 Å². The van der Waals surface area contributed by atoms with Crippen LogP contribution < -0.4 is 0 Å². The summed E-state index contributed by atoms with van der Waals surface area (Å²) in [6.07, 6.45) is 3.01. The van der Waals surface area contributed by atoms with Gasteiger partial charge < -0.3 is 15.2 Å². The minimum Gasteiger partial charge on any atom is -0.388 e. The molecule has 1 fully saturated rings. The highest BCUT2D eigenvalue weighted by Crippen LogP contribution is 2.36. The molecule has 70 valence electrons. The number of hydrogen-bond donors (Lipinski definition) is 1. The molecule has 1 saturated carbocycles. The van der Waals surface area contributed by atoms with Gasteiger partial charge in [-0.2, -0.15) is 4.68 Å². The van der Waals surface area contributed by atoms with E-state index in [-0.39, 0.29) is 5.82 Å². The zero-order valence-corrected chi connectivity index (χ0v) is 6.88. The number of hydrogen-bond acceptors (Lipinski definition) is 4. The molecular weight excluding hydrogens is 174 g/mol. The van der Waals surface area contributed by atoms with Gasteiger partial charge in [0.2, 0.25) is 0 Å². The largest absolute Gasteiger partial charge is 0.389 e. The maximum absolute atomic E-state index is 10.3. The van der Waals surface area contributed by atoms with Gasteiger partial charge in [0.1, 0.15) is 0 Å². The second-order valence-corrected chi connectivity index (χ2v) is 3.35. The SMILES string of the molecule is O=[N+]([O-])c1ccn(CC2(O)CC2)n1. The average molecular weight is 183 g/mol. The molecule has 0 unspecified atom stereocenters. The van der Waals surface area contributed by atoms with Gasteiger partial charge in [-0.15, -0.1) is 0 Å².